The third-order valence-corrected chi connectivity index (χ3v) is 2.42. The molecule has 1 heterocycles. The summed E-state index contributed by atoms with van der Waals surface area (Å²) in [6, 6.07) is 0. The van der Waals surface area contributed by atoms with E-state index in [9.17, 15) is 5.11 Å². The van der Waals surface area contributed by atoms with E-state index in [4.69, 9.17) is 0 Å². The molecule has 1 aliphatic heterocycles. The van der Waals surface area contributed by atoms with Crippen molar-refractivity contribution < 1.29 is 5.11 Å². The number of likely N-dealkylation sites (N-methyl/N-ethyl adjacent to an activating group) is 1. The number of hydrogen-bond acceptors (Lipinski definition) is 4. The first-order valence-electron chi connectivity index (χ1n) is 4.76. The monoisotopic (exact) mass is 184 g/mol. The highest BCUT2D eigenvalue weighted by atomic mass is 16.3. The number of aliphatic imine (C=N–C) groups is 1. The molecule has 0 spiro atoms. The molecule has 0 radical (unpaired) electrons. The molecule has 1 rings (SSSR count). The summed E-state index contributed by atoms with van der Waals surface area (Å²) in [6.45, 7) is 4.68. The van der Waals surface area contributed by atoms with Gasteiger partial charge < -0.3 is 15.0 Å². The molecule has 0 amide bonds. The number of rotatable bonds is 2. The summed E-state index contributed by atoms with van der Waals surface area (Å²) in [5.74, 6) is -0.00967. The van der Waals surface area contributed by atoms with E-state index in [0.29, 0.717) is 6.54 Å². The Kier molecular flexibility index (Phi) is 4.18. The van der Waals surface area contributed by atoms with Crippen molar-refractivity contribution in [2.45, 2.75) is 6.42 Å². The molecule has 0 atom stereocenters. The molecule has 0 aromatic carbocycles. The molecule has 1 fully saturated rings. The van der Waals surface area contributed by atoms with Gasteiger partial charge >= 0.3 is 0 Å². The van der Waals surface area contributed by atoms with E-state index in [-0.39, 0.29) is 5.90 Å². The van der Waals surface area contributed by atoms with Crippen LogP contribution in [0.3, 0.4) is 0 Å². The van der Waals surface area contributed by atoms with Crippen molar-refractivity contribution in [2.24, 2.45) is 4.99 Å². The van der Waals surface area contributed by atoms with E-state index in [1.807, 2.05) is 0 Å². The predicted molar refractivity (Wildman–Crippen MR) is 51.9 cm³/mol. The quantitative estimate of drug-likeness (QED) is 0.409. The van der Waals surface area contributed by atoms with Gasteiger partial charge in [0.05, 0.1) is 0 Å². The van der Waals surface area contributed by atoms with Crippen molar-refractivity contribution in [3.05, 3.63) is 0 Å². The molecule has 0 aromatic heterocycles. The van der Waals surface area contributed by atoms with Gasteiger partial charge in [-0.2, -0.15) is 0 Å². The van der Waals surface area contributed by atoms with Crippen LogP contribution in [0.2, 0.25) is 0 Å². The molecule has 0 aromatic rings. The van der Waals surface area contributed by atoms with Gasteiger partial charge in [-0.25, -0.2) is 0 Å². The summed E-state index contributed by atoms with van der Waals surface area (Å²) in [5.41, 5.74) is 0. The molecule has 0 unspecified atom stereocenters. The van der Waals surface area contributed by atoms with E-state index in [2.05, 4.69) is 21.8 Å². The van der Waals surface area contributed by atoms with Crippen molar-refractivity contribution in [3.63, 3.8) is 0 Å². The molecular formula is C9H18N3O-. The maximum atomic E-state index is 11.1. The van der Waals surface area contributed by atoms with Crippen LogP contribution in [0.25, 0.3) is 0 Å². The van der Waals surface area contributed by atoms with Crippen molar-refractivity contribution >= 4 is 5.90 Å². The zero-order valence-electron chi connectivity index (χ0n) is 8.49. The summed E-state index contributed by atoms with van der Waals surface area (Å²) in [4.78, 5) is 8.12. The van der Waals surface area contributed by atoms with Crippen molar-refractivity contribution in [1.82, 2.24) is 9.80 Å². The Hall–Kier alpha value is -0.610. The molecule has 76 valence electrons. The van der Waals surface area contributed by atoms with E-state index in [1.54, 1.807) is 7.05 Å². The van der Waals surface area contributed by atoms with Crippen LogP contribution >= 0.6 is 0 Å². The van der Waals surface area contributed by atoms with Gasteiger partial charge in [-0.15, -0.1) is 0 Å². The molecule has 0 saturated carbocycles. The second-order valence-electron chi connectivity index (χ2n) is 3.55. The molecule has 0 N–H and O–H groups in total. The lowest BCUT2D eigenvalue weighted by molar-refractivity contribution is -0.219. The van der Waals surface area contributed by atoms with E-state index < -0.39 is 0 Å². The standard InChI is InChI=1S/C9H19N3O/c1-10-9(13)8-12-5-3-4-11(2)6-7-12/h3-8H2,1-2H3,(H,10,13)/p-1. The van der Waals surface area contributed by atoms with Crippen LogP contribution in [0.15, 0.2) is 4.99 Å². The Morgan fingerprint density at radius 1 is 1.31 bits per heavy atom. The van der Waals surface area contributed by atoms with Gasteiger partial charge in [0.15, 0.2) is 0 Å². The Labute approximate surface area is 79.9 Å². The van der Waals surface area contributed by atoms with Crippen molar-refractivity contribution in [3.8, 4) is 0 Å². The second-order valence-corrected chi connectivity index (χ2v) is 3.55. The fourth-order valence-electron chi connectivity index (χ4n) is 1.52. The lowest BCUT2D eigenvalue weighted by Gasteiger charge is -2.22. The SMILES string of the molecule is CN=C([O-])CN1CCCN(C)CC1. The zero-order valence-corrected chi connectivity index (χ0v) is 8.49. The average Bonchev–Trinajstić information content (AvgIpc) is 2.31. The highest BCUT2D eigenvalue weighted by Gasteiger charge is 2.10. The van der Waals surface area contributed by atoms with Crippen molar-refractivity contribution in [2.75, 3.05) is 46.8 Å². The first kappa shape index (κ1) is 10.5. The van der Waals surface area contributed by atoms with E-state index >= 15 is 0 Å². The number of hydrogen-bond donors (Lipinski definition) is 0. The molecule has 0 aliphatic carbocycles. The summed E-state index contributed by atoms with van der Waals surface area (Å²) >= 11 is 0. The molecule has 1 saturated heterocycles. The minimum atomic E-state index is -0.00967. The van der Waals surface area contributed by atoms with Gasteiger partial charge in [0.1, 0.15) is 0 Å². The first-order valence-corrected chi connectivity index (χ1v) is 4.76. The van der Waals surface area contributed by atoms with Crippen LogP contribution in [-0.4, -0.2) is 62.5 Å². The smallest absolute Gasteiger partial charge is 0.0266 e. The largest absolute Gasteiger partial charge is 0.861 e. The number of nitrogens with zero attached hydrogens (tertiary/aromatic N) is 3. The van der Waals surface area contributed by atoms with Gasteiger partial charge in [0.2, 0.25) is 0 Å². The van der Waals surface area contributed by atoms with Crippen LogP contribution in [0, 0.1) is 0 Å². The maximum Gasteiger partial charge on any atom is 0.0266 e. The van der Waals surface area contributed by atoms with Crippen LogP contribution in [-0.2, 0) is 0 Å². The maximum absolute atomic E-state index is 11.1. The fourth-order valence-corrected chi connectivity index (χ4v) is 1.52. The molecule has 0 bridgehead atoms. The van der Waals surface area contributed by atoms with E-state index in [1.165, 1.54) is 0 Å². The first-order chi connectivity index (χ1) is 6.22. The summed E-state index contributed by atoms with van der Waals surface area (Å²) in [7, 11) is 3.68. The van der Waals surface area contributed by atoms with Crippen LogP contribution in [0.5, 0.6) is 0 Å². The Morgan fingerprint density at radius 3 is 2.77 bits per heavy atom. The van der Waals surface area contributed by atoms with Gasteiger partial charge in [0.25, 0.3) is 0 Å². The minimum absolute atomic E-state index is 0.00967. The third kappa shape index (κ3) is 3.74. The fraction of sp³-hybridized carbons (Fsp3) is 0.889. The third-order valence-electron chi connectivity index (χ3n) is 2.42. The molecular weight excluding hydrogens is 166 g/mol. The zero-order chi connectivity index (χ0) is 9.68. The van der Waals surface area contributed by atoms with Crippen LogP contribution in [0.4, 0.5) is 0 Å². The Bertz CT molecular complexity index is 182. The van der Waals surface area contributed by atoms with Gasteiger partial charge in [-0.3, -0.25) is 4.90 Å². The summed E-state index contributed by atoms with van der Waals surface area (Å²) in [6.07, 6.45) is 1.15. The Morgan fingerprint density at radius 2 is 2.08 bits per heavy atom. The lowest BCUT2D eigenvalue weighted by Crippen LogP contribution is -2.38. The van der Waals surface area contributed by atoms with Crippen LogP contribution < -0.4 is 5.11 Å². The molecule has 4 heteroatoms. The highest BCUT2D eigenvalue weighted by Crippen LogP contribution is 1.99. The summed E-state index contributed by atoms with van der Waals surface area (Å²) < 4.78 is 0. The summed E-state index contributed by atoms with van der Waals surface area (Å²) in [5, 5.41) is 11.1. The lowest BCUT2D eigenvalue weighted by atomic mass is 10.4. The van der Waals surface area contributed by atoms with Crippen molar-refractivity contribution in [1.29, 1.82) is 0 Å². The van der Waals surface area contributed by atoms with Gasteiger partial charge in [-0.05, 0) is 32.5 Å². The molecule has 4 nitrogen and oxygen atoms in total. The minimum Gasteiger partial charge on any atom is -0.861 e. The van der Waals surface area contributed by atoms with Gasteiger partial charge in [0, 0.05) is 26.7 Å². The molecule has 13 heavy (non-hydrogen) atoms. The Balaban J connectivity index is 2.34. The normalized spacial score (nSPS) is 23.1. The van der Waals surface area contributed by atoms with E-state index in [0.717, 1.165) is 32.6 Å². The van der Waals surface area contributed by atoms with Crippen LogP contribution in [0.1, 0.15) is 6.42 Å². The predicted octanol–water partition coefficient (Wildman–Crippen LogP) is -0.987. The van der Waals surface area contributed by atoms with Gasteiger partial charge in [-0.1, -0.05) is 0 Å². The second kappa shape index (κ2) is 5.19. The highest BCUT2D eigenvalue weighted by molar-refractivity contribution is 5.73. The molecule has 1 aliphatic rings. The average molecular weight is 184 g/mol. The topological polar surface area (TPSA) is 41.9 Å².